The van der Waals surface area contributed by atoms with Gasteiger partial charge in [0.25, 0.3) is 0 Å². The van der Waals surface area contributed by atoms with Crippen LogP contribution in [0.2, 0.25) is 0 Å². The Kier molecular flexibility index (Phi) is 5.46. The number of ether oxygens (including phenoxy) is 1. The summed E-state index contributed by atoms with van der Waals surface area (Å²) < 4.78 is 22.9. The fraction of sp³-hybridized carbons (Fsp3) is 0.429. The van der Waals surface area contributed by atoms with Gasteiger partial charge in [-0.15, -0.1) is 0 Å². The van der Waals surface area contributed by atoms with Gasteiger partial charge in [0.15, 0.2) is 11.6 Å². The molecule has 160 valence electrons. The predicted molar refractivity (Wildman–Crippen MR) is 113 cm³/mol. The average Bonchev–Trinajstić information content (AvgIpc) is 2.97. The molecule has 1 aromatic heterocycles. The Morgan fingerprint density at radius 2 is 2.17 bits per heavy atom. The van der Waals surface area contributed by atoms with E-state index in [2.05, 4.69) is 0 Å². The lowest BCUT2D eigenvalue weighted by Gasteiger charge is -2.32. The number of carboxylic acid groups (broad SMARTS) is 1. The molecule has 1 unspecified atom stereocenters. The Morgan fingerprint density at radius 3 is 2.87 bits per heavy atom. The number of nitrogens with zero attached hydrogens (tertiary/aromatic N) is 2. The zero-order valence-corrected chi connectivity index (χ0v) is 17.3. The highest BCUT2D eigenvalue weighted by Gasteiger charge is 2.30. The van der Waals surface area contributed by atoms with E-state index in [-0.39, 0.29) is 35.9 Å². The first kappa shape index (κ1) is 20.7. The summed E-state index contributed by atoms with van der Waals surface area (Å²) in [7, 11) is 0. The summed E-state index contributed by atoms with van der Waals surface area (Å²) in [5, 5.41) is 10.1. The highest BCUT2D eigenvalue weighted by molar-refractivity contribution is 6.30. The summed E-state index contributed by atoms with van der Waals surface area (Å²) in [4.78, 5) is 26.1. The normalized spacial score (nSPS) is 20.7. The Hall–Kier alpha value is -2.58. The Balaban J connectivity index is 1.89. The van der Waals surface area contributed by atoms with Crippen molar-refractivity contribution in [2.75, 3.05) is 31.1 Å². The average molecular weight is 436 g/mol. The number of carbonyl (C=O) groups is 1. The van der Waals surface area contributed by atoms with Crippen molar-refractivity contribution in [3.8, 4) is 5.75 Å². The second-order valence-electron chi connectivity index (χ2n) is 7.73. The van der Waals surface area contributed by atoms with Crippen LogP contribution in [-0.4, -0.2) is 41.9 Å². The molecule has 1 saturated heterocycles. The van der Waals surface area contributed by atoms with Crippen LogP contribution in [-0.2, 0) is 0 Å². The van der Waals surface area contributed by atoms with E-state index in [0.717, 1.165) is 24.5 Å². The van der Waals surface area contributed by atoms with Crippen LogP contribution in [0, 0.1) is 5.82 Å². The van der Waals surface area contributed by atoms with Crippen molar-refractivity contribution >= 4 is 34.2 Å². The van der Waals surface area contributed by atoms with E-state index in [1.165, 1.54) is 6.20 Å². The van der Waals surface area contributed by atoms with Gasteiger partial charge in [-0.3, -0.25) is 4.79 Å². The minimum atomic E-state index is -1.33. The minimum Gasteiger partial charge on any atom is -0.487 e. The number of halogens is 2. The molecule has 0 radical (unpaired) electrons. The molecule has 1 fully saturated rings. The second-order valence-corrected chi connectivity index (χ2v) is 8.19. The van der Waals surface area contributed by atoms with E-state index in [9.17, 15) is 14.7 Å². The fourth-order valence-electron chi connectivity index (χ4n) is 4.29. The lowest BCUT2D eigenvalue weighted by atomic mass is 10.1. The number of hydrogen-bond donors (Lipinski definition) is 2. The smallest absolute Gasteiger partial charge is 0.341 e. The Bertz CT molecular complexity index is 1130. The summed E-state index contributed by atoms with van der Waals surface area (Å²) in [5.41, 5.74) is 6.38. The van der Waals surface area contributed by atoms with Gasteiger partial charge in [0.1, 0.15) is 17.9 Å². The van der Waals surface area contributed by atoms with Gasteiger partial charge in [-0.2, -0.15) is 0 Å². The summed E-state index contributed by atoms with van der Waals surface area (Å²) in [6, 6.07) is 0.939. The van der Waals surface area contributed by atoms with Crippen molar-refractivity contribution < 1.29 is 19.0 Å². The number of hydrogen-bond acceptors (Lipinski definition) is 5. The molecule has 0 saturated carbocycles. The van der Waals surface area contributed by atoms with Crippen molar-refractivity contribution in [2.24, 2.45) is 5.73 Å². The van der Waals surface area contributed by atoms with E-state index in [4.69, 9.17) is 22.1 Å². The van der Waals surface area contributed by atoms with E-state index < -0.39 is 17.2 Å². The summed E-state index contributed by atoms with van der Waals surface area (Å²) in [6.45, 7) is 3.53. The quantitative estimate of drug-likeness (QED) is 0.768. The predicted octanol–water partition coefficient (Wildman–Crippen LogP) is 3.23. The van der Waals surface area contributed by atoms with Crippen LogP contribution in [0.3, 0.4) is 0 Å². The Labute approximate surface area is 177 Å². The van der Waals surface area contributed by atoms with Crippen LogP contribution in [0.25, 0.3) is 10.9 Å². The summed E-state index contributed by atoms with van der Waals surface area (Å²) in [5.74, 6) is -1.65. The van der Waals surface area contributed by atoms with Crippen molar-refractivity contribution in [3.05, 3.63) is 44.5 Å². The van der Waals surface area contributed by atoms with Gasteiger partial charge in [-0.05, 0) is 32.3 Å². The van der Waals surface area contributed by atoms with Crippen molar-refractivity contribution in [3.63, 3.8) is 0 Å². The number of anilines is 1. The van der Waals surface area contributed by atoms with Gasteiger partial charge in [0.05, 0.1) is 16.9 Å². The van der Waals surface area contributed by atoms with Crippen LogP contribution < -0.4 is 20.8 Å². The maximum absolute atomic E-state index is 15.3. The van der Waals surface area contributed by atoms with Crippen LogP contribution in [0.15, 0.2) is 27.7 Å². The topological polar surface area (TPSA) is 97.8 Å². The van der Waals surface area contributed by atoms with Crippen LogP contribution in [0.4, 0.5) is 10.1 Å². The molecule has 2 aliphatic heterocycles. The first-order valence-corrected chi connectivity index (χ1v) is 10.3. The van der Waals surface area contributed by atoms with Gasteiger partial charge in [-0.25, -0.2) is 9.18 Å². The molecular weight excluding hydrogens is 413 g/mol. The highest BCUT2D eigenvalue weighted by atomic mass is 35.5. The first-order valence-electron chi connectivity index (χ1n) is 9.92. The van der Waals surface area contributed by atoms with E-state index >= 15 is 4.39 Å². The minimum absolute atomic E-state index is 0.0132. The molecule has 0 amide bonds. The standard InChI is InChI=1S/C21H23ClFN3O4/c1-11-10-30-20-17-13(19(27)14(21(28)29)9-26(11)17)7-16(23)18(20)25-5-2-3-12(4-6-25)15(22)8-24/h7,9,11H,2-6,8,10,24H2,1H3,(H,28,29). The van der Waals surface area contributed by atoms with Gasteiger partial charge in [0.2, 0.25) is 5.43 Å². The maximum atomic E-state index is 15.3. The van der Waals surface area contributed by atoms with Crippen molar-refractivity contribution in [2.45, 2.75) is 32.2 Å². The van der Waals surface area contributed by atoms with Crippen LogP contribution in [0.5, 0.6) is 5.75 Å². The number of nitrogens with two attached hydrogens (primary N) is 1. The molecule has 0 spiro atoms. The number of rotatable bonds is 3. The third-order valence-corrected chi connectivity index (χ3v) is 6.26. The largest absolute Gasteiger partial charge is 0.487 e. The van der Waals surface area contributed by atoms with E-state index in [1.807, 2.05) is 11.8 Å². The summed E-state index contributed by atoms with van der Waals surface area (Å²) >= 11 is 6.23. The molecule has 2 aromatic rings. The first-order chi connectivity index (χ1) is 14.3. The Morgan fingerprint density at radius 1 is 1.40 bits per heavy atom. The number of aromatic nitrogens is 1. The second kappa shape index (κ2) is 7.92. The summed E-state index contributed by atoms with van der Waals surface area (Å²) in [6.07, 6.45) is 3.56. The molecule has 1 aromatic carbocycles. The van der Waals surface area contributed by atoms with Gasteiger partial charge in [-0.1, -0.05) is 17.2 Å². The maximum Gasteiger partial charge on any atom is 0.341 e. The van der Waals surface area contributed by atoms with Crippen LogP contribution in [0.1, 0.15) is 42.6 Å². The van der Waals surface area contributed by atoms with Gasteiger partial charge in [0, 0.05) is 30.9 Å². The van der Waals surface area contributed by atoms with Crippen LogP contribution >= 0.6 is 11.6 Å². The molecule has 3 heterocycles. The number of pyridine rings is 1. The zero-order chi connectivity index (χ0) is 21.6. The molecule has 2 aliphatic rings. The number of aromatic carboxylic acids is 1. The van der Waals surface area contributed by atoms with Crippen molar-refractivity contribution in [1.29, 1.82) is 0 Å². The number of benzene rings is 1. The zero-order valence-electron chi connectivity index (χ0n) is 16.6. The molecule has 9 heteroatoms. The van der Waals surface area contributed by atoms with E-state index in [0.29, 0.717) is 35.7 Å². The lowest BCUT2D eigenvalue weighted by molar-refractivity contribution is 0.0694. The SMILES string of the molecule is CC1COc2c(N3CCCC(=C(Cl)CN)CC3)c(F)cc3c(=O)c(C(=O)O)cn1c23. The molecule has 0 aliphatic carbocycles. The van der Waals surface area contributed by atoms with Gasteiger partial charge < -0.3 is 25.0 Å². The monoisotopic (exact) mass is 435 g/mol. The third kappa shape index (κ3) is 3.33. The van der Waals surface area contributed by atoms with Gasteiger partial charge >= 0.3 is 5.97 Å². The molecule has 4 rings (SSSR count). The molecule has 3 N–H and O–H groups in total. The van der Waals surface area contributed by atoms with Crippen molar-refractivity contribution in [1.82, 2.24) is 4.57 Å². The molecule has 1 atom stereocenters. The molecule has 0 bridgehead atoms. The number of carboxylic acids is 1. The fourth-order valence-corrected chi connectivity index (χ4v) is 4.48. The van der Waals surface area contributed by atoms with E-state index in [1.54, 1.807) is 4.57 Å². The molecular formula is C21H23ClFN3O4. The lowest BCUT2D eigenvalue weighted by Crippen LogP contribution is -2.30. The molecule has 30 heavy (non-hydrogen) atoms. The highest BCUT2D eigenvalue weighted by Crippen LogP contribution is 2.42. The molecule has 7 nitrogen and oxygen atoms in total. The third-order valence-electron chi connectivity index (χ3n) is 5.84.